The zero-order valence-corrected chi connectivity index (χ0v) is 12.3. The maximum absolute atomic E-state index is 6.06. The first-order chi connectivity index (χ1) is 9.74. The second kappa shape index (κ2) is 7.12. The number of hydrogen-bond donors (Lipinski definition) is 1. The van der Waals surface area contributed by atoms with Gasteiger partial charge < -0.3 is 14.8 Å². The fourth-order valence-corrected chi connectivity index (χ4v) is 2.06. The molecular formula is C15H17ClN2O2. The summed E-state index contributed by atoms with van der Waals surface area (Å²) in [6, 6.07) is 7.68. The first kappa shape index (κ1) is 14.6. The highest BCUT2D eigenvalue weighted by molar-refractivity contribution is 6.31. The maximum Gasteiger partial charge on any atom is 0.127 e. The molecule has 2 rings (SSSR count). The van der Waals surface area contributed by atoms with Crippen molar-refractivity contribution in [1.82, 2.24) is 10.3 Å². The third kappa shape index (κ3) is 3.62. The van der Waals surface area contributed by atoms with Gasteiger partial charge in [-0.2, -0.15) is 0 Å². The van der Waals surface area contributed by atoms with Crippen LogP contribution >= 0.6 is 11.6 Å². The Kier molecular flexibility index (Phi) is 5.21. The number of aromatic nitrogens is 1. The summed E-state index contributed by atoms with van der Waals surface area (Å²) in [5.41, 5.74) is 2.09. The van der Waals surface area contributed by atoms with Crippen LogP contribution in [-0.4, -0.2) is 19.2 Å². The number of methoxy groups -OCH3 is 2. The van der Waals surface area contributed by atoms with Crippen LogP contribution in [-0.2, 0) is 13.1 Å². The molecule has 0 unspecified atom stereocenters. The van der Waals surface area contributed by atoms with Gasteiger partial charge >= 0.3 is 0 Å². The van der Waals surface area contributed by atoms with Crippen molar-refractivity contribution in [3.63, 3.8) is 0 Å². The van der Waals surface area contributed by atoms with Crippen molar-refractivity contribution in [1.29, 1.82) is 0 Å². The van der Waals surface area contributed by atoms with E-state index in [9.17, 15) is 0 Å². The minimum atomic E-state index is 0.668. The van der Waals surface area contributed by atoms with Gasteiger partial charge in [0, 0.05) is 37.1 Å². The van der Waals surface area contributed by atoms with Gasteiger partial charge in [-0.05, 0) is 17.7 Å². The number of hydrogen-bond acceptors (Lipinski definition) is 4. The molecule has 0 saturated carbocycles. The van der Waals surface area contributed by atoms with Crippen LogP contribution < -0.4 is 14.8 Å². The van der Waals surface area contributed by atoms with Gasteiger partial charge in [0.1, 0.15) is 11.5 Å². The molecule has 2 aromatic rings. The Morgan fingerprint density at radius 3 is 2.60 bits per heavy atom. The highest BCUT2D eigenvalue weighted by Gasteiger charge is 2.05. The molecule has 4 nitrogen and oxygen atoms in total. The minimum Gasteiger partial charge on any atom is -0.497 e. The van der Waals surface area contributed by atoms with Gasteiger partial charge in [0.25, 0.3) is 0 Å². The average Bonchev–Trinajstić information content (AvgIpc) is 2.49. The molecule has 0 spiro atoms. The number of nitrogens with one attached hydrogen (secondary N) is 1. The predicted molar refractivity (Wildman–Crippen MR) is 79.3 cm³/mol. The number of nitrogens with zero attached hydrogens (tertiary/aromatic N) is 1. The van der Waals surface area contributed by atoms with E-state index < -0.39 is 0 Å². The highest BCUT2D eigenvalue weighted by Crippen LogP contribution is 2.24. The maximum atomic E-state index is 6.06. The van der Waals surface area contributed by atoms with E-state index >= 15 is 0 Å². The second-order valence-corrected chi connectivity index (χ2v) is 4.66. The van der Waals surface area contributed by atoms with E-state index in [1.165, 1.54) is 0 Å². The largest absolute Gasteiger partial charge is 0.497 e. The normalized spacial score (nSPS) is 10.3. The smallest absolute Gasteiger partial charge is 0.127 e. The summed E-state index contributed by atoms with van der Waals surface area (Å²) in [5, 5.41) is 4.01. The molecule has 0 aliphatic carbocycles. The lowest BCUT2D eigenvalue weighted by molar-refractivity contribution is 0.390. The van der Waals surface area contributed by atoms with Gasteiger partial charge in [-0.25, -0.2) is 0 Å². The zero-order valence-electron chi connectivity index (χ0n) is 11.5. The molecule has 0 aliphatic rings. The lowest BCUT2D eigenvalue weighted by Crippen LogP contribution is -2.13. The van der Waals surface area contributed by atoms with Crippen LogP contribution in [0.25, 0.3) is 0 Å². The van der Waals surface area contributed by atoms with Crippen molar-refractivity contribution in [2.75, 3.05) is 14.2 Å². The molecule has 0 bridgehead atoms. The van der Waals surface area contributed by atoms with Crippen LogP contribution in [0.3, 0.4) is 0 Å². The van der Waals surface area contributed by atoms with Crippen molar-refractivity contribution in [2.45, 2.75) is 13.1 Å². The summed E-state index contributed by atoms with van der Waals surface area (Å²) in [4.78, 5) is 3.96. The molecule has 0 fully saturated rings. The Morgan fingerprint density at radius 1 is 1.10 bits per heavy atom. The molecule has 0 amide bonds. The van der Waals surface area contributed by atoms with Crippen molar-refractivity contribution < 1.29 is 9.47 Å². The molecule has 1 heterocycles. The van der Waals surface area contributed by atoms with Gasteiger partial charge in [-0.3, -0.25) is 4.98 Å². The lowest BCUT2D eigenvalue weighted by Gasteiger charge is -2.11. The van der Waals surface area contributed by atoms with Gasteiger partial charge in [-0.15, -0.1) is 0 Å². The number of rotatable bonds is 6. The molecule has 20 heavy (non-hydrogen) atoms. The molecule has 0 aliphatic heterocycles. The molecule has 0 atom stereocenters. The summed E-state index contributed by atoms with van der Waals surface area (Å²) >= 11 is 6.06. The number of halogens is 1. The molecular weight excluding hydrogens is 276 g/mol. The quantitative estimate of drug-likeness (QED) is 0.889. The highest BCUT2D eigenvalue weighted by atomic mass is 35.5. The van der Waals surface area contributed by atoms with Crippen LogP contribution in [0.4, 0.5) is 0 Å². The fourth-order valence-electron chi connectivity index (χ4n) is 1.88. The van der Waals surface area contributed by atoms with E-state index in [0.29, 0.717) is 18.1 Å². The molecule has 1 aromatic heterocycles. The fraction of sp³-hybridized carbons (Fsp3) is 0.267. The first-order valence-corrected chi connectivity index (χ1v) is 6.62. The van der Waals surface area contributed by atoms with Gasteiger partial charge in [-0.1, -0.05) is 17.7 Å². The van der Waals surface area contributed by atoms with E-state index in [1.807, 2.05) is 24.3 Å². The zero-order chi connectivity index (χ0) is 14.4. The van der Waals surface area contributed by atoms with Crippen molar-refractivity contribution in [3.8, 4) is 11.5 Å². The van der Waals surface area contributed by atoms with Crippen molar-refractivity contribution in [2.24, 2.45) is 0 Å². The monoisotopic (exact) mass is 292 g/mol. The molecule has 0 radical (unpaired) electrons. The van der Waals surface area contributed by atoms with Gasteiger partial charge in [0.2, 0.25) is 0 Å². The van der Waals surface area contributed by atoms with E-state index in [4.69, 9.17) is 21.1 Å². The van der Waals surface area contributed by atoms with E-state index in [1.54, 1.807) is 26.6 Å². The summed E-state index contributed by atoms with van der Waals surface area (Å²) < 4.78 is 10.5. The lowest BCUT2D eigenvalue weighted by atomic mass is 10.2. The van der Waals surface area contributed by atoms with E-state index in [-0.39, 0.29) is 0 Å². The summed E-state index contributed by atoms with van der Waals surface area (Å²) in [7, 11) is 3.29. The Bertz CT molecular complexity index is 576. The summed E-state index contributed by atoms with van der Waals surface area (Å²) in [6.45, 7) is 1.36. The van der Waals surface area contributed by atoms with Gasteiger partial charge in [0.15, 0.2) is 0 Å². The topological polar surface area (TPSA) is 43.4 Å². The summed E-state index contributed by atoms with van der Waals surface area (Å²) in [6.07, 6.45) is 3.38. The predicted octanol–water partition coefficient (Wildman–Crippen LogP) is 3.04. The first-order valence-electron chi connectivity index (χ1n) is 6.24. The Balaban J connectivity index is 1.99. The Labute approximate surface area is 123 Å². The SMILES string of the molecule is COc1ccc(CNCc2ccncc2Cl)c(OC)c1. The Morgan fingerprint density at radius 2 is 1.90 bits per heavy atom. The minimum absolute atomic E-state index is 0.668. The molecule has 0 saturated heterocycles. The van der Waals surface area contributed by atoms with Crippen LogP contribution in [0.2, 0.25) is 5.02 Å². The number of benzene rings is 1. The molecule has 5 heteroatoms. The standard InChI is InChI=1S/C15H17ClN2O2/c1-19-13-4-3-12(15(7-13)20-2)9-18-8-11-5-6-17-10-14(11)16/h3-7,10,18H,8-9H2,1-2H3. The van der Waals surface area contributed by atoms with Crippen molar-refractivity contribution >= 4 is 11.6 Å². The summed E-state index contributed by atoms with van der Waals surface area (Å²) in [5.74, 6) is 1.58. The average molecular weight is 293 g/mol. The van der Waals surface area contributed by atoms with Crippen molar-refractivity contribution in [3.05, 3.63) is 52.8 Å². The third-order valence-corrected chi connectivity index (χ3v) is 3.32. The van der Waals surface area contributed by atoms with E-state index in [0.717, 1.165) is 22.6 Å². The molecule has 1 N–H and O–H groups in total. The number of ether oxygens (including phenoxy) is 2. The Hall–Kier alpha value is -1.78. The van der Waals surface area contributed by atoms with Crippen LogP contribution in [0.5, 0.6) is 11.5 Å². The van der Waals surface area contributed by atoms with E-state index in [2.05, 4.69) is 10.3 Å². The van der Waals surface area contributed by atoms with Crippen LogP contribution in [0.1, 0.15) is 11.1 Å². The third-order valence-electron chi connectivity index (χ3n) is 2.98. The number of pyridine rings is 1. The molecule has 1 aromatic carbocycles. The van der Waals surface area contributed by atoms with Gasteiger partial charge in [0.05, 0.1) is 19.2 Å². The van der Waals surface area contributed by atoms with Crippen LogP contribution in [0, 0.1) is 0 Å². The van der Waals surface area contributed by atoms with Crippen LogP contribution in [0.15, 0.2) is 36.7 Å². The second-order valence-electron chi connectivity index (χ2n) is 4.25. The molecule has 106 valence electrons.